The van der Waals surface area contributed by atoms with E-state index in [1.807, 2.05) is 29.1 Å². The standard InChI is InChI=1S/C16H13N3/c1-2-6-13-12(5-1)8-9-15-14(13)11-18-19(15)16-7-3-4-10-17-16/h1-7,10-11H,8-9H2. The van der Waals surface area contributed by atoms with Crippen molar-refractivity contribution in [3.05, 3.63) is 66.1 Å². The number of nitrogens with zero attached hydrogens (tertiary/aromatic N) is 3. The molecule has 3 heteroatoms. The van der Waals surface area contributed by atoms with E-state index in [-0.39, 0.29) is 0 Å². The third-order valence-corrected chi connectivity index (χ3v) is 3.67. The summed E-state index contributed by atoms with van der Waals surface area (Å²) in [5.41, 5.74) is 5.23. The predicted molar refractivity (Wildman–Crippen MR) is 74.2 cm³/mol. The number of hydrogen-bond donors (Lipinski definition) is 0. The Bertz CT molecular complexity index is 715. The lowest BCUT2D eigenvalue weighted by Gasteiger charge is -2.17. The summed E-state index contributed by atoms with van der Waals surface area (Å²) in [6, 6.07) is 14.5. The van der Waals surface area contributed by atoms with Gasteiger partial charge in [0.1, 0.15) is 0 Å². The summed E-state index contributed by atoms with van der Waals surface area (Å²) in [6.45, 7) is 0. The highest BCUT2D eigenvalue weighted by atomic mass is 15.3. The molecule has 0 saturated heterocycles. The molecule has 19 heavy (non-hydrogen) atoms. The molecule has 0 atom stereocenters. The summed E-state index contributed by atoms with van der Waals surface area (Å²) in [4.78, 5) is 4.39. The van der Waals surface area contributed by atoms with E-state index in [1.165, 1.54) is 22.4 Å². The predicted octanol–water partition coefficient (Wildman–Crippen LogP) is 3.03. The molecule has 0 saturated carbocycles. The summed E-state index contributed by atoms with van der Waals surface area (Å²) in [5, 5.41) is 4.52. The first-order valence-electron chi connectivity index (χ1n) is 6.50. The lowest BCUT2D eigenvalue weighted by molar-refractivity contribution is 0.763. The molecular formula is C16H13N3. The fraction of sp³-hybridized carbons (Fsp3) is 0.125. The van der Waals surface area contributed by atoms with Gasteiger partial charge in [0.05, 0.1) is 11.9 Å². The van der Waals surface area contributed by atoms with Crippen LogP contribution in [0.4, 0.5) is 0 Å². The second-order valence-electron chi connectivity index (χ2n) is 4.76. The number of aryl methyl sites for hydroxylation is 1. The molecule has 92 valence electrons. The molecule has 0 amide bonds. The molecule has 1 aromatic carbocycles. The molecule has 0 spiro atoms. The van der Waals surface area contributed by atoms with Crippen molar-refractivity contribution in [3.8, 4) is 16.9 Å². The van der Waals surface area contributed by atoms with Crippen LogP contribution in [0.25, 0.3) is 16.9 Å². The molecule has 2 heterocycles. The van der Waals surface area contributed by atoms with Gasteiger partial charge in [-0.15, -0.1) is 0 Å². The zero-order valence-electron chi connectivity index (χ0n) is 10.5. The van der Waals surface area contributed by atoms with Crippen molar-refractivity contribution in [2.24, 2.45) is 0 Å². The lowest BCUT2D eigenvalue weighted by Crippen LogP contribution is -2.09. The van der Waals surface area contributed by atoms with E-state index in [0.717, 1.165) is 18.7 Å². The highest BCUT2D eigenvalue weighted by Gasteiger charge is 2.20. The number of benzene rings is 1. The summed E-state index contributed by atoms with van der Waals surface area (Å²) in [7, 11) is 0. The van der Waals surface area contributed by atoms with Crippen molar-refractivity contribution in [1.82, 2.24) is 14.8 Å². The number of pyridine rings is 1. The average molecular weight is 247 g/mol. The first kappa shape index (κ1) is 10.5. The van der Waals surface area contributed by atoms with Crippen molar-refractivity contribution in [1.29, 1.82) is 0 Å². The second-order valence-corrected chi connectivity index (χ2v) is 4.76. The van der Waals surface area contributed by atoms with Gasteiger partial charge in [0.25, 0.3) is 0 Å². The largest absolute Gasteiger partial charge is 0.237 e. The first-order chi connectivity index (χ1) is 9.43. The van der Waals surface area contributed by atoms with Gasteiger partial charge in [0, 0.05) is 11.8 Å². The van der Waals surface area contributed by atoms with E-state index in [1.54, 1.807) is 6.20 Å². The van der Waals surface area contributed by atoms with Crippen LogP contribution in [0.15, 0.2) is 54.9 Å². The Morgan fingerprint density at radius 3 is 2.68 bits per heavy atom. The molecule has 1 aliphatic rings. The van der Waals surface area contributed by atoms with Crippen LogP contribution in [-0.2, 0) is 12.8 Å². The Morgan fingerprint density at radius 1 is 0.895 bits per heavy atom. The summed E-state index contributed by atoms with van der Waals surface area (Å²) < 4.78 is 1.96. The molecule has 0 aliphatic heterocycles. The normalized spacial score (nSPS) is 12.8. The number of rotatable bonds is 1. The molecule has 3 nitrogen and oxygen atoms in total. The highest BCUT2D eigenvalue weighted by molar-refractivity contribution is 5.71. The minimum Gasteiger partial charge on any atom is -0.237 e. The summed E-state index contributed by atoms with van der Waals surface area (Å²) in [5.74, 6) is 0.892. The fourth-order valence-electron chi connectivity index (χ4n) is 2.77. The number of fused-ring (bicyclic) bond motifs is 3. The molecule has 0 N–H and O–H groups in total. The molecule has 1 aliphatic carbocycles. The minimum absolute atomic E-state index is 0.892. The van der Waals surface area contributed by atoms with Crippen LogP contribution < -0.4 is 0 Å². The Kier molecular flexibility index (Phi) is 2.24. The Balaban J connectivity index is 1.91. The zero-order chi connectivity index (χ0) is 12.7. The maximum Gasteiger partial charge on any atom is 0.153 e. The average Bonchev–Trinajstić information content (AvgIpc) is 2.92. The lowest BCUT2D eigenvalue weighted by atomic mass is 9.90. The second kappa shape index (κ2) is 4.05. The molecule has 0 bridgehead atoms. The van der Waals surface area contributed by atoms with Gasteiger partial charge >= 0.3 is 0 Å². The topological polar surface area (TPSA) is 30.7 Å². The van der Waals surface area contributed by atoms with Gasteiger partial charge in [-0.3, -0.25) is 0 Å². The molecule has 0 fully saturated rings. The van der Waals surface area contributed by atoms with Crippen LogP contribution in [-0.4, -0.2) is 14.8 Å². The number of hydrogen-bond acceptors (Lipinski definition) is 2. The van der Waals surface area contributed by atoms with Gasteiger partial charge in [0.15, 0.2) is 5.82 Å². The first-order valence-corrected chi connectivity index (χ1v) is 6.50. The van der Waals surface area contributed by atoms with E-state index in [9.17, 15) is 0 Å². The Hall–Kier alpha value is -2.42. The van der Waals surface area contributed by atoms with Crippen LogP contribution in [0, 0.1) is 0 Å². The van der Waals surface area contributed by atoms with Gasteiger partial charge in [-0.2, -0.15) is 5.10 Å². The molecule has 3 aromatic rings. The molecule has 4 rings (SSSR count). The zero-order valence-corrected chi connectivity index (χ0v) is 10.5. The molecular weight excluding hydrogens is 234 g/mol. The SMILES string of the molecule is c1ccc(-n2ncc3c2CCc2ccccc2-3)nc1. The van der Waals surface area contributed by atoms with E-state index in [4.69, 9.17) is 0 Å². The van der Waals surface area contributed by atoms with Gasteiger partial charge in [-0.25, -0.2) is 9.67 Å². The summed E-state index contributed by atoms with van der Waals surface area (Å²) >= 11 is 0. The van der Waals surface area contributed by atoms with Crippen LogP contribution in [0.1, 0.15) is 11.3 Å². The van der Waals surface area contributed by atoms with Crippen molar-refractivity contribution in [2.75, 3.05) is 0 Å². The van der Waals surface area contributed by atoms with Crippen molar-refractivity contribution >= 4 is 0 Å². The molecule has 0 radical (unpaired) electrons. The monoisotopic (exact) mass is 247 g/mol. The fourth-order valence-corrected chi connectivity index (χ4v) is 2.77. The minimum atomic E-state index is 0.892. The van der Waals surface area contributed by atoms with Crippen LogP contribution >= 0.6 is 0 Å². The maximum absolute atomic E-state index is 4.52. The smallest absolute Gasteiger partial charge is 0.153 e. The van der Waals surface area contributed by atoms with Crippen LogP contribution in [0.2, 0.25) is 0 Å². The third kappa shape index (κ3) is 1.58. The van der Waals surface area contributed by atoms with Crippen molar-refractivity contribution in [2.45, 2.75) is 12.8 Å². The quantitative estimate of drug-likeness (QED) is 0.661. The van der Waals surface area contributed by atoms with Crippen molar-refractivity contribution in [3.63, 3.8) is 0 Å². The van der Waals surface area contributed by atoms with Gasteiger partial charge < -0.3 is 0 Å². The summed E-state index contributed by atoms with van der Waals surface area (Å²) in [6.07, 6.45) is 5.85. The van der Waals surface area contributed by atoms with Gasteiger partial charge in [-0.1, -0.05) is 30.3 Å². The van der Waals surface area contributed by atoms with E-state index < -0.39 is 0 Å². The van der Waals surface area contributed by atoms with Crippen molar-refractivity contribution < 1.29 is 0 Å². The van der Waals surface area contributed by atoms with Gasteiger partial charge in [0.2, 0.25) is 0 Å². The Morgan fingerprint density at radius 2 is 1.79 bits per heavy atom. The Labute approximate surface area is 111 Å². The molecule has 0 unspecified atom stereocenters. The molecule has 2 aromatic heterocycles. The maximum atomic E-state index is 4.52. The van der Waals surface area contributed by atoms with Gasteiger partial charge in [-0.05, 0) is 36.1 Å². The van der Waals surface area contributed by atoms with Crippen LogP contribution in [0.5, 0.6) is 0 Å². The number of aromatic nitrogens is 3. The van der Waals surface area contributed by atoms with E-state index in [0.29, 0.717) is 0 Å². The van der Waals surface area contributed by atoms with Crippen LogP contribution in [0.3, 0.4) is 0 Å². The van der Waals surface area contributed by atoms with E-state index >= 15 is 0 Å². The third-order valence-electron chi connectivity index (χ3n) is 3.67. The highest BCUT2D eigenvalue weighted by Crippen LogP contribution is 2.33. The van der Waals surface area contributed by atoms with E-state index in [2.05, 4.69) is 34.3 Å².